The number of morpholine rings is 1. The lowest BCUT2D eigenvalue weighted by Gasteiger charge is -2.27. The Morgan fingerprint density at radius 2 is 1.90 bits per heavy atom. The molecule has 0 aromatic heterocycles. The van der Waals surface area contributed by atoms with Crippen molar-refractivity contribution in [1.29, 1.82) is 0 Å². The lowest BCUT2D eigenvalue weighted by molar-refractivity contribution is -0.386. The predicted octanol–water partition coefficient (Wildman–Crippen LogP) is 1.88. The number of nitrogens with zero attached hydrogens (tertiary/aromatic N) is 2. The Hall–Kier alpha value is -3.18. The lowest BCUT2D eigenvalue weighted by atomic mass is 10.1. The van der Waals surface area contributed by atoms with Crippen LogP contribution in [0.5, 0.6) is 5.75 Å². The van der Waals surface area contributed by atoms with Crippen molar-refractivity contribution in [3.63, 3.8) is 0 Å². The smallest absolute Gasteiger partial charge is 0.312 e. The first-order valence-corrected chi connectivity index (χ1v) is 10.1. The molecule has 1 aliphatic heterocycles. The lowest BCUT2D eigenvalue weighted by Crippen LogP contribution is -2.41. The quantitative estimate of drug-likeness (QED) is 0.557. The molecule has 1 heterocycles. The Balaban J connectivity index is 1.93. The second-order valence-corrected chi connectivity index (χ2v) is 7.83. The molecule has 0 unspecified atom stereocenters. The van der Waals surface area contributed by atoms with Crippen LogP contribution in [0.4, 0.5) is 11.4 Å². The Labute approximate surface area is 167 Å². The molecule has 1 aliphatic rings. The van der Waals surface area contributed by atoms with Crippen LogP contribution in [0.15, 0.2) is 47.4 Å². The standard InChI is InChI=1S/C18H19N3O7S/c1-27-17-7-6-13(12-16(17)21(23)24)29(25,26)19-15-5-3-2-4-14(15)18(22)20-8-10-28-11-9-20/h2-7,12,19H,8-11H2,1H3. The molecule has 1 N–H and O–H groups in total. The first-order valence-electron chi connectivity index (χ1n) is 8.65. The van der Waals surface area contributed by atoms with Crippen molar-refractivity contribution in [3.8, 4) is 5.75 Å². The fraction of sp³-hybridized carbons (Fsp3) is 0.278. The number of nitrogens with one attached hydrogen (secondary N) is 1. The second-order valence-electron chi connectivity index (χ2n) is 6.15. The van der Waals surface area contributed by atoms with Crippen molar-refractivity contribution in [3.05, 3.63) is 58.1 Å². The van der Waals surface area contributed by atoms with Gasteiger partial charge in [0.2, 0.25) is 0 Å². The molecule has 29 heavy (non-hydrogen) atoms. The maximum absolute atomic E-state index is 12.8. The largest absolute Gasteiger partial charge is 0.490 e. The van der Waals surface area contributed by atoms with Crippen molar-refractivity contribution in [2.45, 2.75) is 4.90 Å². The van der Waals surface area contributed by atoms with E-state index in [1.54, 1.807) is 17.0 Å². The van der Waals surface area contributed by atoms with Crippen molar-refractivity contribution in [2.24, 2.45) is 0 Å². The van der Waals surface area contributed by atoms with Gasteiger partial charge in [0, 0.05) is 19.2 Å². The van der Waals surface area contributed by atoms with Gasteiger partial charge < -0.3 is 14.4 Å². The summed E-state index contributed by atoms with van der Waals surface area (Å²) in [5.74, 6) is -0.385. The van der Waals surface area contributed by atoms with Gasteiger partial charge >= 0.3 is 5.69 Å². The predicted molar refractivity (Wildman–Crippen MR) is 104 cm³/mol. The van der Waals surface area contributed by atoms with Crippen molar-refractivity contribution in [2.75, 3.05) is 38.1 Å². The number of para-hydroxylation sites is 1. The number of carbonyl (C=O) groups excluding carboxylic acids is 1. The number of methoxy groups -OCH3 is 1. The molecule has 1 fully saturated rings. The van der Waals surface area contributed by atoms with Crippen LogP contribution in [0.1, 0.15) is 10.4 Å². The zero-order chi connectivity index (χ0) is 21.0. The summed E-state index contributed by atoms with van der Waals surface area (Å²) < 4.78 is 38.1. The van der Waals surface area contributed by atoms with Gasteiger partial charge in [-0.1, -0.05) is 12.1 Å². The summed E-state index contributed by atoms with van der Waals surface area (Å²) in [6.45, 7) is 1.64. The minimum absolute atomic E-state index is 0.0585. The highest BCUT2D eigenvalue weighted by molar-refractivity contribution is 7.92. The molecule has 2 aromatic rings. The summed E-state index contributed by atoms with van der Waals surface area (Å²) in [5.41, 5.74) is -0.212. The Morgan fingerprint density at radius 1 is 1.21 bits per heavy atom. The average molecular weight is 421 g/mol. The average Bonchev–Trinajstić information content (AvgIpc) is 2.73. The zero-order valence-corrected chi connectivity index (χ0v) is 16.3. The molecule has 0 aliphatic carbocycles. The highest BCUT2D eigenvalue weighted by Crippen LogP contribution is 2.30. The van der Waals surface area contributed by atoms with Crippen LogP contribution < -0.4 is 9.46 Å². The third-order valence-corrected chi connectivity index (χ3v) is 5.72. The van der Waals surface area contributed by atoms with Gasteiger partial charge in [-0.25, -0.2) is 8.42 Å². The van der Waals surface area contributed by atoms with Gasteiger partial charge in [-0.05, 0) is 24.3 Å². The third kappa shape index (κ3) is 4.46. The number of hydrogen-bond acceptors (Lipinski definition) is 7. The summed E-state index contributed by atoms with van der Waals surface area (Å²) in [5, 5.41) is 11.2. The minimum Gasteiger partial charge on any atom is -0.490 e. The second kappa shape index (κ2) is 8.45. The fourth-order valence-electron chi connectivity index (χ4n) is 2.88. The molecule has 0 bridgehead atoms. The van der Waals surface area contributed by atoms with Gasteiger partial charge in [-0.15, -0.1) is 0 Å². The Kier molecular flexibility index (Phi) is 5.99. The first kappa shape index (κ1) is 20.6. The molecule has 0 radical (unpaired) electrons. The van der Waals surface area contributed by atoms with Crippen LogP contribution in [-0.2, 0) is 14.8 Å². The molecule has 0 saturated carbocycles. The van der Waals surface area contributed by atoms with E-state index in [2.05, 4.69) is 4.72 Å². The Morgan fingerprint density at radius 3 is 2.55 bits per heavy atom. The summed E-state index contributed by atoms with van der Waals surface area (Å²) in [7, 11) is -2.93. The van der Waals surface area contributed by atoms with E-state index in [9.17, 15) is 23.3 Å². The van der Waals surface area contributed by atoms with Crippen molar-refractivity contribution in [1.82, 2.24) is 4.90 Å². The normalized spacial score (nSPS) is 14.3. The van der Waals surface area contributed by atoms with Gasteiger partial charge in [0.1, 0.15) is 0 Å². The maximum Gasteiger partial charge on any atom is 0.312 e. The molecule has 3 rings (SSSR count). The number of benzene rings is 2. The van der Waals surface area contributed by atoms with Crippen LogP contribution in [-0.4, -0.2) is 57.6 Å². The van der Waals surface area contributed by atoms with E-state index >= 15 is 0 Å². The summed E-state index contributed by atoms with van der Waals surface area (Å²) in [6.07, 6.45) is 0. The zero-order valence-electron chi connectivity index (χ0n) is 15.5. The first-order chi connectivity index (χ1) is 13.8. The summed E-state index contributed by atoms with van der Waals surface area (Å²) >= 11 is 0. The maximum atomic E-state index is 12.8. The molecule has 11 heteroatoms. The highest BCUT2D eigenvalue weighted by atomic mass is 32.2. The van der Waals surface area contributed by atoms with E-state index in [4.69, 9.17) is 9.47 Å². The SMILES string of the molecule is COc1ccc(S(=O)(=O)Nc2ccccc2C(=O)N2CCOCC2)cc1[N+](=O)[O-]. The van der Waals surface area contributed by atoms with Gasteiger partial charge in [0.05, 0.1) is 41.4 Å². The number of nitro benzene ring substituents is 1. The van der Waals surface area contributed by atoms with E-state index in [0.29, 0.717) is 26.3 Å². The fourth-order valence-corrected chi connectivity index (χ4v) is 3.98. The van der Waals surface area contributed by atoms with Gasteiger partial charge in [0.15, 0.2) is 5.75 Å². The molecule has 0 atom stereocenters. The third-order valence-electron chi connectivity index (χ3n) is 4.36. The molecule has 2 aromatic carbocycles. The van der Waals surface area contributed by atoms with Crippen LogP contribution in [0.2, 0.25) is 0 Å². The molecule has 0 spiro atoms. The van der Waals surface area contributed by atoms with Crippen LogP contribution in [0, 0.1) is 10.1 Å². The molecule has 1 saturated heterocycles. The minimum atomic E-state index is -4.19. The molecule has 1 amide bonds. The summed E-state index contributed by atoms with van der Waals surface area (Å²) in [4.78, 5) is 24.5. The van der Waals surface area contributed by atoms with Crippen molar-refractivity contribution < 1.29 is 27.6 Å². The number of ether oxygens (including phenoxy) is 2. The van der Waals surface area contributed by atoms with Crippen LogP contribution in [0.3, 0.4) is 0 Å². The van der Waals surface area contributed by atoms with Crippen LogP contribution >= 0.6 is 0 Å². The molecular formula is C18H19N3O7S. The summed E-state index contributed by atoms with van der Waals surface area (Å²) in [6, 6.07) is 9.51. The molecular weight excluding hydrogens is 402 g/mol. The van der Waals surface area contributed by atoms with Gasteiger partial charge in [-0.3, -0.25) is 19.6 Å². The Bertz CT molecular complexity index is 1030. The topological polar surface area (TPSA) is 128 Å². The van der Waals surface area contributed by atoms with Crippen LogP contribution in [0.25, 0.3) is 0 Å². The van der Waals surface area contributed by atoms with Gasteiger partial charge in [0.25, 0.3) is 15.9 Å². The molecule has 154 valence electrons. The van der Waals surface area contributed by atoms with E-state index in [1.165, 1.54) is 31.4 Å². The number of hydrogen-bond donors (Lipinski definition) is 1. The highest BCUT2D eigenvalue weighted by Gasteiger charge is 2.25. The number of carbonyl (C=O) groups is 1. The van der Waals surface area contributed by atoms with E-state index < -0.39 is 20.6 Å². The molecule has 10 nitrogen and oxygen atoms in total. The van der Waals surface area contributed by atoms with E-state index in [0.717, 1.165) is 6.07 Å². The number of sulfonamides is 1. The van der Waals surface area contributed by atoms with E-state index in [1.807, 2.05) is 0 Å². The monoisotopic (exact) mass is 421 g/mol. The number of anilines is 1. The van der Waals surface area contributed by atoms with E-state index in [-0.39, 0.29) is 27.8 Å². The number of amides is 1. The van der Waals surface area contributed by atoms with Gasteiger partial charge in [-0.2, -0.15) is 0 Å². The number of nitro groups is 1. The van der Waals surface area contributed by atoms with Crippen molar-refractivity contribution >= 4 is 27.3 Å². The number of rotatable bonds is 6.